The molecule has 3 rings (SSSR count). The fraction of sp³-hybridized carbons (Fsp3) is 1.00. The number of fused-ring (bicyclic) bond motifs is 3. The van der Waals surface area contributed by atoms with Gasteiger partial charge >= 0.3 is 6.72 Å². The molecule has 10 heavy (non-hydrogen) atoms. The highest BCUT2D eigenvalue weighted by Crippen LogP contribution is 2.59. The molecular formula is C5H9O3PS. The first-order valence-electron chi connectivity index (χ1n) is 3.16. The molecule has 0 aromatic heterocycles. The summed E-state index contributed by atoms with van der Waals surface area (Å²) in [6, 6.07) is 0. The van der Waals surface area contributed by atoms with Gasteiger partial charge in [0.05, 0.1) is 19.8 Å². The zero-order chi connectivity index (χ0) is 7.24. The van der Waals surface area contributed by atoms with Crippen LogP contribution in [0.4, 0.5) is 0 Å². The molecule has 3 saturated heterocycles. The molecule has 5 heteroatoms. The van der Waals surface area contributed by atoms with Gasteiger partial charge in [-0.3, -0.25) is 0 Å². The molecule has 0 N–H and O–H groups in total. The summed E-state index contributed by atoms with van der Waals surface area (Å²) in [5.74, 6) is 0. The molecule has 0 radical (unpaired) electrons. The standard InChI is InChI=1S/C5H9O3PS/c1-5-2-6-9(10,7-3-5)8-4-5/h2-4H2,1H3. The smallest absolute Gasteiger partial charge is 0.308 e. The number of rotatable bonds is 0. The minimum Gasteiger partial charge on any atom is -0.308 e. The second kappa shape index (κ2) is 2.02. The lowest BCUT2D eigenvalue weighted by atomic mass is 9.95. The van der Waals surface area contributed by atoms with Gasteiger partial charge in [-0.05, 0) is 11.8 Å². The van der Waals surface area contributed by atoms with Crippen LogP contribution in [0.15, 0.2) is 0 Å². The summed E-state index contributed by atoms with van der Waals surface area (Å²) in [7, 11) is 0. The van der Waals surface area contributed by atoms with Crippen molar-refractivity contribution in [3.05, 3.63) is 0 Å². The fourth-order valence-corrected chi connectivity index (χ4v) is 3.05. The molecule has 0 aliphatic carbocycles. The molecule has 3 aliphatic heterocycles. The van der Waals surface area contributed by atoms with E-state index in [1.165, 1.54) is 0 Å². The Morgan fingerprint density at radius 2 is 1.60 bits per heavy atom. The lowest BCUT2D eigenvalue weighted by Gasteiger charge is -2.44. The van der Waals surface area contributed by atoms with E-state index in [9.17, 15) is 0 Å². The van der Waals surface area contributed by atoms with E-state index in [0.29, 0.717) is 19.8 Å². The summed E-state index contributed by atoms with van der Waals surface area (Å²) in [6.07, 6.45) is 0. The largest absolute Gasteiger partial charge is 0.327 e. The normalized spacial score (nSPS) is 53.3. The summed E-state index contributed by atoms with van der Waals surface area (Å²) in [5, 5.41) is 0. The van der Waals surface area contributed by atoms with Gasteiger partial charge in [0.25, 0.3) is 0 Å². The van der Waals surface area contributed by atoms with Gasteiger partial charge in [-0.25, -0.2) is 0 Å². The molecule has 0 unspecified atom stereocenters. The Kier molecular flexibility index (Phi) is 1.45. The van der Waals surface area contributed by atoms with Crippen LogP contribution >= 0.6 is 6.72 Å². The van der Waals surface area contributed by atoms with Crippen LogP contribution in [0.2, 0.25) is 0 Å². The van der Waals surface area contributed by atoms with Gasteiger partial charge in [0.15, 0.2) is 0 Å². The molecule has 2 bridgehead atoms. The van der Waals surface area contributed by atoms with Crippen molar-refractivity contribution in [3.63, 3.8) is 0 Å². The third-order valence-corrected chi connectivity index (χ3v) is 4.00. The lowest BCUT2D eigenvalue weighted by molar-refractivity contribution is -0.0640. The number of hydrogen-bond donors (Lipinski definition) is 0. The molecule has 3 fully saturated rings. The second-order valence-electron chi connectivity index (χ2n) is 3.08. The van der Waals surface area contributed by atoms with Crippen LogP contribution in [-0.4, -0.2) is 19.8 Å². The molecule has 0 amide bonds. The maximum Gasteiger partial charge on any atom is 0.327 e. The Hall–Kier alpha value is 0.530. The van der Waals surface area contributed by atoms with E-state index >= 15 is 0 Å². The molecule has 0 aromatic carbocycles. The molecule has 0 spiro atoms. The minimum absolute atomic E-state index is 0.0561. The second-order valence-corrected chi connectivity index (χ2v) is 6.09. The van der Waals surface area contributed by atoms with E-state index < -0.39 is 6.72 Å². The highest BCUT2D eigenvalue weighted by molar-refractivity contribution is 8.07. The van der Waals surface area contributed by atoms with Gasteiger partial charge in [-0.2, -0.15) is 0 Å². The SMILES string of the molecule is CC12COP(=S)(OC1)OC2. The lowest BCUT2D eigenvalue weighted by Crippen LogP contribution is -2.41. The van der Waals surface area contributed by atoms with Crippen LogP contribution in [0, 0.1) is 5.41 Å². The third-order valence-electron chi connectivity index (χ3n) is 1.71. The van der Waals surface area contributed by atoms with Crippen LogP contribution in [0.25, 0.3) is 0 Å². The first-order chi connectivity index (χ1) is 4.62. The monoisotopic (exact) mass is 180 g/mol. The minimum atomic E-state index is -2.24. The van der Waals surface area contributed by atoms with Gasteiger partial charge in [0.1, 0.15) is 0 Å². The van der Waals surface area contributed by atoms with Crippen LogP contribution in [-0.2, 0) is 25.4 Å². The topological polar surface area (TPSA) is 27.7 Å². The van der Waals surface area contributed by atoms with E-state index in [0.717, 1.165) is 0 Å². The van der Waals surface area contributed by atoms with Gasteiger partial charge < -0.3 is 13.6 Å². The van der Waals surface area contributed by atoms with Crippen LogP contribution < -0.4 is 0 Å². The van der Waals surface area contributed by atoms with Gasteiger partial charge in [0.2, 0.25) is 0 Å². The van der Waals surface area contributed by atoms with E-state index in [4.69, 9.17) is 25.4 Å². The van der Waals surface area contributed by atoms with Crippen molar-refractivity contribution < 1.29 is 13.6 Å². The summed E-state index contributed by atoms with van der Waals surface area (Å²) in [5.41, 5.74) is 0.0561. The molecule has 3 nitrogen and oxygen atoms in total. The Balaban J connectivity index is 2.24. The van der Waals surface area contributed by atoms with Crippen molar-refractivity contribution in [1.82, 2.24) is 0 Å². The van der Waals surface area contributed by atoms with Crippen molar-refractivity contribution in [2.75, 3.05) is 19.8 Å². The molecular weight excluding hydrogens is 171 g/mol. The highest BCUT2D eigenvalue weighted by atomic mass is 32.5. The number of hydrogen-bond acceptors (Lipinski definition) is 4. The first kappa shape index (κ1) is 7.19. The highest BCUT2D eigenvalue weighted by Gasteiger charge is 2.44. The Labute approximate surface area is 64.9 Å². The predicted octanol–water partition coefficient (Wildman–Crippen LogP) is 1.29. The first-order valence-corrected chi connectivity index (χ1v) is 5.71. The van der Waals surface area contributed by atoms with Crippen molar-refractivity contribution in [3.8, 4) is 0 Å². The van der Waals surface area contributed by atoms with Gasteiger partial charge in [-0.1, -0.05) is 6.92 Å². The molecule has 3 aliphatic rings. The Morgan fingerprint density at radius 3 is 1.90 bits per heavy atom. The van der Waals surface area contributed by atoms with E-state index in [-0.39, 0.29) is 5.41 Å². The summed E-state index contributed by atoms with van der Waals surface area (Å²) < 4.78 is 15.7. The zero-order valence-corrected chi connectivity index (χ0v) is 7.41. The summed E-state index contributed by atoms with van der Waals surface area (Å²) >= 11 is 4.99. The zero-order valence-electron chi connectivity index (χ0n) is 5.70. The Morgan fingerprint density at radius 1 is 1.20 bits per heavy atom. The fourth-order valence-electron chi connectivity index (χ4n) is 0.941. The molecule has 0 saturated carbocycles. The van der Waals surface area contributed by atoms with Crippen molar-refractivity contribution in [1.29, 1.82) is 0 Å². The summed E-state index contributed by atoms with van der Waals surface area (Å²) in [4.78, 5) is 0. The maximum atomic E-state index is 5.25. The maximum absolute atomic E-state index is 5.25. The molecule has 0 aromatic rings. The van der Waals surface area contributed by atoms with E-state index in [1.807, 2.05) is 0 Å². The van der Waals surface area contributed by atoms with E-state index in [2.05, 4.69) is 6.92 Å². The van der Waals surface area contributed by atoms with Gasteiger partial charge in [-0.15, -0.1) is 0 Å². The predicted molar refractivity (Wildman–Crippen MR) is 40.2 cm³/mol. The van der Waals surface area contributed by atoms with E-state index in [1.54, 1.807) is 0 Å². The average Bonchev–Trinajstić information content (AvgIpc) is 1.93. The van der Waals surface area contributed by atoms with Crippen LogP contribution in [0.5, 0.6) is 0 Å². The van der Waals surface area contributed by atoms with Crippen molar-refractivity contribution in [2.45, 2.75) is 6.92 Å². The van der Waals surface area contributed by atoms with Crippen LogP contribution in [0.1, 0.15) is 6.92 Å². The van der Waals surface area contributed by atoms with Gasteiger partial charge in [0, 0.05) is 5.41 Å². The molecule has 3 heterocycles. The van der Waals surface area contributed by atoms with Crippen molar-refractivity contribution in [2.24, 2.45) is 5.41 Å². The molecule has 58 valence electrons. The van der Waals surface area contributed by atoms with Crippen molar-refractivity contribution >= 4 is 18.5 Å². The summed E-state index contributed by atoms with van der Waals surface area (Å²) in [6.45, 7) is 1.93. The third kappa shape index (κ3) is 1.04. The average molecular weight is 180 g/mol. The molecule has 0 atom stereocenters. The Bertz CT molecular complexity index is 174. The quantitative estimate of drug-likeness (QED) is 0.525. The van der Waals surface area contributed by atoms with Crippen LogP contribution in [0.3, 0.4) is 0 Å².